The molecule has 0 radical (unpaired) electrons. The third kappa shape index (κ3) is 2.75. The molecule has 1 aliphatic carbocycles. The van der Waals surface area contributed by atoms with Crippen molar-refractivity contribution in [1.82, 2.24) is 14.8 Å². The summed E-state index contributed by atoms with van der Waals surface area (Å²) in [5, 5.41) is 9.43. The quantitative estimate of drug-likeness (QED) is 0.755. The summed E-state index contributed by atoms with van der Waals surface area (Å²) in [4.78, 5) is 0. The second-order valence-corrected chi connectivity index (χ2v) is 7.00. The van der Waals surface area contributed by atoms with Crippen molar-refractivity contribution in [3.8, 4) is 5.69 Å². The normalized spacial score (nSPS) is 20.7. The average Bonchev–Trinajstić information content (AvgIpc) is 2.83. The number of aryl methyl sites for hydroxylation is 2. The molecule has 1 aromatic heterocycles. The van der Waals surface area contributed by atoms with Gasteiger partial charge in [-0.2, -0.15) is 0 Å². The molecule has 4 rings (SSSR count). The zero-order chi connectivity index (χ0) is 16.0. The number of nitrogens with zero attached hydrogens (tertiary/aromatic N) is 3. The van der Waals surface area contributed by atoms with Gasteiger partial charge in [0.05, 0.1) is 5.69 Å². The summed E-state index contributed by atoms with van der Waals surface area (Å²) in [6.45, 7) is 0. The first kappa shape index (κ1) is 15.1. The summed E-state index contributed by atoms with van der Waals surface area (Å²) in [5.74, 6) is -0.708. The van der Waals surface area contributed by atoms with Crippen molar-refractivity contribution in [2.75, 3.05) is 0 Å². The van der Waals surface area contributed by atoms with Gasteiger partial charge in [0, 0.05) is 30.2 Å². The van der Waals surface area contributed by atoms with Crippen LogP contribution in [0.15, 0.2) is 18.2 Å². The number of halogens is 3. The number of aromatic nitrogens is 3. The monoisotopic (exact) mass is 337 g/mol. The highest BCUT2D eigenvalue weighted by atomic mass is 35.5. The molecule has 0 unspecified atom stereocenters. The topological polar surface area (TPSA) is 30.7 Å². The van der Waals surface area contributed by atoms with Gasteiger partial charge in [0.1, 0.15) is 11.6 Å². The molecule has 2 aliphatic rings. The van der Waals surface area contributed by atoms with Crippen LogP contribution in [0.1, 0.15) is 55.2 Å². The number of hydrogen-bond acceptors (Lipinski definition) is 2. The lowest BCUT2D eigenvalue weighted by atomic mass is 9.86. The van der Waals surface area contributed by atoms with Gasteiger partial charge < -0.3 is 0 Å². The lowest BCUT2D eigenvalue weighted by Gasteiger charge is -2.28. The fraction of sp³-hybridized carbons (Fsp3) is 0.529. The van der Waals surface area contributed by atoms with Crippen LogP contribution in [0.4, 0.5) is 8.78 Å². The van der Waals surface area contributed by atoms with Crippen LogP contribution in [-0.2, 0) is 12.8 Å². The summed E-state index contributed by atoms with van der Waals surface area (Å²) < 4.78 is 29.0. The maximum atomic E-state index is 13.4. The van der Waals surface area contributed by atoms with Crippen LogP contribution in [0.5, 0.6) is 0 Å². The van der Waals surface area contributed by atoms with Gasteiger partial charge in [-0.25, -0.2) is 8.78 Å². The SMILES string of the molecule is FC1(F)CCC(c2nnc3n2-c2ccc(Cl)cc2CCC3)CC1. The Morgan fingerprint density at radius 3 is 2.70 bits per heavy atom. The molecule has 1 saturated carbocycles. The Labute approximate surface area is 138 Å². The molecule has 0 bridgehead atoms. The van der Waals surface area contributed by atoms with Crippen molar-refractivity contribution in [3.05, 3.63) is 40.4 Å². The molecule has 3 nitrogen and oxygen atoms in total. The molecule has 1 fully saturated rings. The fourth-order valence-electron chi connectivity index (χ4n) is 3.73. The first-order chi connectivity index (χ1) is 11.0. The second kappa shape index (κ2) is 5.55. The maximum absolute atomic E-state index is 13.4. The molecule has 0 spiro atoms. The third-order valence-electron chi connectivity index (χ3n) is 4.97. The summed E-state index contributed by atoms with van der Waals surface area (Å²) >= 11 is 6.13. The highest BCUT2D eigenvalue weighted by molar-refractivity contribution is 6.30. The van der Waals surface area contributed by atoms with Gasteiger partial charge in [0.25, 0.3) is 0 Å². The minimum atomic E-state index is -2.52. The van der Waals surface area contributed by atoms with E-state index in [9.17, 15) is 8.78 Å². The fourth-order valence-corrected chi connectivity index (χ4v) is 3.92. The van der Waals surface area contributed by atoms with E-state index in [1.54, 1.807) is 0 Å². The van der Waals surface area contributed by atoms with Gasteiger partial charge in [0.2, 0.25) is 5.92 Å². The Morgan fingerprint density at radius 2 is 1.91 bits per heavy atom. The highest BCUT2D eigenvalue weighted by Gasteiger charge is 2.37. The van der Waals surface area contributed by atoms with Crippen molar-refractivity contribution < 1.29 is 8.78 Å². The van der Waals surface area contributed by atoms with E-state index in [4.69, 9.17) is 11.6 Å². The Balaban J connectivity index is 1.76. The van der Waals surface area contributed by atoms with Gasteiger partial charge in [-0.15, -0.1) is 10.2 Å². The molecule has 1 aliphatic heterocycles. The van der Waals surface area contributed by atoms with Gasteiger partial charge in [-0.1, -0.05) is 11.6 Å². The minimum absolute atomic E-state index is 0.0532. The zero-order valence-electron chi connectivity index (χ0n) is 12.7. The number of alkyl halides is 2. The molecule has 0 saturated heterocycles. The van der Waals surface area contributed by atoms with Crippen molar-refractivity contribution in [3.63, 3.8) is 0 Å². The predicted molar refractivity (Wildman–Crippen MR) is 84.6 cm³/mol. The van der Waals surface area contributed by atoms with Crippen molar-refractivity contribution in [2.45, 2.75) is 56.8 Å². The van der Waals surface area contributed by atoms with Crippen LogP contribution >= 0.6 is 11.6 Å². The van der Waals surface area contributed by atoms with E-state index in [0.29, 0.717) is 12.8 Å². The Morgan fingerprint density at radius 1 is 1.13 bits per heavy atom. The molecule has 122 valence electrons. The van der Waals surface area contributed by atoms with Crippen molar-refractivity contribution in [2.24, 2.45) is 0 Å². The van der Waals surface area contributed by atoms with E-state index < -0.39 is 5.92 Å². The summed E-state index contributed by atoms with van der Waals surface area (Å²) in [5.41, 5.74) is 2.23. The predicted octanol–water partition coefficient (Wildman–Crippen LogP) is 4.70. The molecular weight excluding hydrogens is 320 g/mol. The number of benzene rings is 1. The van der Waals surface area contributed by atoms with Gasteiger partial charge >= 0.3 is 0 Å². The third-order valence-corrected chi connectivity index (χ3v) is 5.20. The lowest BCUT2D eigenvalue weighted by Crippen LogP contribution is -2.25. The molecule has 1 aromatic carbocycles. The van der Waals surface area contributed by atoms with E-state index in [2.05, 4.69) is 14.8 Å². The number of fused-ring (bicyclic) bond motifs is 3. The largest absolute Gasteiger partial charge is 0.282 e. The molecule has 6 heteroatoms. The van der Waals surface area contributed by atoms with Gasteiger partial charge in [0.15, 0.2) is 0 Å². The standard InChI is InChI=1S/C17H18ClF2N3/c18-13-4-5-14-12(10-13)2-1-3-15-21-22-16(23(14)15)11-6-8-17(19,20)9-7-11/h4-5,10-11H,1-3,6-9H2. The Bertz CT molecular complexity index is 731. The van der Waals surface area contributed by atoms with Crippen LogP contribution in [-0.4, -0.2) is 20.7 Å². The first-order valence-electron chi connectivity index (χ1n) is 8.14. The minimum Gasteiger partial charge on any atom is -0.282 e. The summed E-state index contributed by atoms with van der Waals surface area (Å²) in [6, 6.07) is 5.86. The van der Waals surface area contributed by atoms with Gasteiger partial charge in [-0.05, 0) is 49.4 Å². The van der Waals surface area contributed by atoms with Crippen LogP contribution in [0, 0.1) is 0 Å². The summed E-state index contributed by atoms with van der Waals surface area (Å²) in [7, 11) is 0. The zero-order valence-corrected chi connectivity index (χ0v) is 13.5. The van der Waals surface area contributed by atoms with Crippen LogP contribution in [0.25, 0.3) is 5.69 Å². The van der Waals surface area contributed by atoms with Crippen molar-refractivity contribution in [1.29, 1.82) is 0 Å². The van der Waals surface area contributed by atoms with Gasteiger partial charge in [-0.3, -0.25) is 4.57 Å². The molecule has 2 aromatic rings. The second-order valence-electron chi connectivity index (χ2n) is 6.57. The van der Waals surface area contributed by atoms with E-state index in [-0.39, 0.29) is 18.8 Å². The summed E-state index contributed by atoms with van der Waals surface area (Å²) in [6.07, 6.45) is 3.60. The molecule has 23 heavy (non-hydrogen) atoms. The Kier molecular flexibility index (Phi) is 3.63. The molecule has 0 atom stereocenters. The molecular formula is C17H18ClF2N3. The van der Waals surface area contributed by atoms with E-state index in [0.717, 1.165) is 41.6 Å². The Hall–Kier alpha value is -1.49. The highest BCUT2D eigenvalue weighted by Crippen LogP contribution is 2.41. The molecule has 0 N–H and O–H groups in total. The first-order valence-corrected chi connectivity index (χ1v) is 8.52. The van der Waals surface area contributed by atoms with E-state index in [1.165, 1.54) is 5.56 Å². The number of rotatable bonds is 1. The number of hydrogen-bond donors (Lipinski definition) is 0. The van der Waals surface area contributed by atoms with Crippen LogP contribution in [0.3, 0.4) is 0 Å². The lowest BCUT2D eigenvalue weighted by molar-refractivity contribution is -0.0388. The smallest absolute Gasteiger partial charge is 0.248 e. The van der Waals surface area contributed by atoms with Crippen LogP contribution in [0.2, 0.25) is 5.02 Å². The maximum Gasteiger partial charge on any atom is 0.248 e. The van der Waals surface area contributed by atoms with Crippen molar-refractivity contribution >= 4 is 11.6 Å². The van der Waals surface area contributed by atoms with E-state index in [1.807, 2.05) is 18.2 Å². The van der Waals surface area contributed by atoms with E-state index >= 15 is 0 Å². The van der Waals surface area contributed by atoms with Crippen LogP contribution < -0.4 is 0 Å². The molecule has 0 amide bonds. The molecule has 2 heterocycles. The average molecular weight is 338 g/mol.